The highest BCUT2D eigenvalue weighted by Gasteiger charge is 2.45. The number of ketones is 1. The normalized spacial score (nSPS) is 17.7. The highest BCUT2D eigenvalue weighted by Crippen LogP contribution is 2.39. The summed E-state index contributed by atoms with van der Waals surface area (Å²) in [6, 6.07) is 19.1. The standard InChI is InChI=1S/C26H21ClFNO3/c1-16-2-6-19(7-3-16)24(30)22-23(18-8-12-21(28)13-9-18)29(26(32)25(22)31)15-14-17-4-10-20(27)11-5-17/h2-13,23,30H,14-15H2,1H3/b24-22-. The number of carbonyl (C=O) groups is 2. The molecule has 1 atom stereocenters. The number of likely N-dealkylation sites (tertiary alicyclic amines) is 1. The number of amides is 1. The zero-order chi connectivity index (χ0) is 22.8. The van der Waals surface area contributed by atoms with Crippen LogP contribution in [-0.4, -0.2) is 28.2 Å². The molecule has 0 saturated carbocycles. The van der Waals surface area contributed by atoms with Gasteiger partial charge in [-0.1, -0.05) is 65.7 Å². The van der Waals surface area contributed by atoms with Crippen LogP contribution >= 0.6 is 11.6 Å². The fraction of sp³-hybridized carbons (Fsp3) is 0.154. The van der Waals surface area contributed by atoms with Crippen LogP contribution in [0, 0.1) is 12.7 Å². The van der Waals surface area contributed by atoms with E-state index in [1.165, 1.54) is 29.2 Å². The van der Waals surface area contributed by atoms with Crippen molar-refractivity contribution in [2.45, 2.75) is 19.4 Å². The van der Waals surface area contributed by atoms with E-state index in [1.54, 1.807) is 24.3 Å². The van der Waals surface area contributed by atoms with Gasteiger partial charge in [-0.15, -0.1) is 0 Å². The van der Waals surface area contributed by atoms with Crippen molar-refractivity contribution in [1.29, 1.82) is 0 Å². The first kappa shape index (κ1) is 21.8. The van der Waals surface area contributed by atoms with Crippen molar-refractivity contribution >= 4 is 29.1 Å². The number of rotatable bonds is 5. The van der Waals surface area contributed by atoms with Gasteiger partial charge in [0.25, 0.3) is 11.7 Å². The van der Waals surface area contributed by atoms with Gasteiger partial charge < -0.3 is 10.0 Å². The second kappa shape index (κ2) is 8.97. The van der Waals surface area contributed by atoms with Crippen molar-refractivity contribution in [2.24, 2.45) is 0 Å². The molecule has 0 spiro atoms. The summed E-state index contributed by atoms with van der Waals surface area (Å²) in [6.45, 7) is 2.16. The number of benzene rings is 3. The molecule has 0 bridgehead atoms. The van der Waals surface area contributed by atoms with Crippen LogP contribution in [0.3, 0.4) is 0 Å². The highest BCUT2D eigenvalue weighted by molar-refractivity contribution is 6.46. The predicted octanol–water partition coefficient (Wildman–Crippen LogP) is 5.45. The van der Waals surface area contributed by atoms with E-state index < -0.39 is 23.5 Å². The minimum atomic E-state index is -0.816. The van der Waals surface area contributed by atoms with Crippen molar-refractivity contribution in [2.75, 3.05) is 6.54 Å². The van der Waals surface area contributed by atoms with Crippen molar-refractivity contribution in [3.8, 4) is 0 Å². The van der Waals surface area contributed by atoms with Crippen LogP contribution in [0.1, 0.15) is 28.3 Å². The van der Waals surface area contributed by atoms with Crippen molar-refractivity contribution in [3.05, 3.63) is 111 Å². The van der Waals surface area contributed by atoms with E-state index in [1.807, 2.05) is 31.2 Å². The van der Waals surface area contributed by atoms with Crippen LogP contribution in [0.15, 0.2) is 78.4 Å². The number of halogens is 2. The van der Waals surface area contributed by atoms with Crippen LogP contribution in [0.5, 0.6) is 0 Å². The quantitative estimate of drug-likeness (QED) is 0.320. The fourth-order valence-electron chi connectivity index (χ4n) is 3.87. The van der Waals surface area contributed by atoms with Gasteiger partial charge in [-0.05, 0) is 48.7 Å². The van der Waals surface area contributed by atoms with E-state index in [-0.39, 0.29) is 17.9 Å². The molecule has 1 saturated heterocycles. The third kappa shape index (κ3) is 4.30. The Morgan fingerprint density at radius 2 is 1.59 bits per heavy atom. The van der Waals surface area contributed by atoms with E-state index in [0.29, 0.717) is 22.6 Å². The molecule has 1 N–H and O–H groups in total. The number of nitrogens with zero attached hydrogens (tertiary/aromatic N) is 1. The Bertz CT molecular complexity index is 1190. The highest BCUT2D eigenvalue weighted by atomic mass is 35.5. The lowest BCUT2D eigenvalue weighted by Gasteiger charge is -2.25. The summed E-state index contributed by atoms with van der Waals surface area (Å²) in [5.41, 5.74) is 2.95. The number of hydrogen-bond donors (Lipinski definition) is 1. The molecule has 4 nitrogen and oxygen atoms in total. The molecule has 162 valence electrons. The van der Waals surface area contributed by atoms with Crippen LogP contribution in [0.4, 0.5) is 4.39 Å². The maximum absolute atomic E-state index is 13.6. The Labute approximate surface area is 190 Å². The molecular weight excluding hydrogens is 429 g/mol. The van der Waals surface area contributed by atoms with Crippen LogP contribution in [0.25, 0.3) is 5.76 Å². The largest absolute Gasteiger partial charge is 0.507 e. The van der Waals surface area contributed by atoms with Crippen molar-refractivity contribution in [3.63, 3.8) is 0 Å². The van der Waals surface area contributed by atoms with Crippen LogP contribution in [0.2, 0.25) is 5.02 Å². The van der Waals surface area contributed by atoms with Crippen molar-refractivity contribution < 1.29 is 19.1 Å². The van der Waals surface area contributed by atoms with Gasteiger partial charge in [-0.2, -0.15) is 0 Å². The number of aryl methyl sites for hydroxylation is 1. The zero-order valence-electron chi connectivity index (χ0n) is 17.4. The number of aliphatic hydroxyl groups is 1. The van der Waals surface area contributed by atoms with Gasteiger partial charge in [-0.25, -0.2) is 4.39 Å². The molecule has 4 rings (SSSR count). The summed E-state index contributed by atoms with van der Waals surface area (Å²) in [4.78, 5) is 27.4. The molecule has 1 amide bonds. The lowest BCUT2D eigenvalue weighted by molar-refractivity contribution is -0.139. The molecule has 1 unspecified atom stereocenters. The van der Waals surface area contributed by atoms with E-state index in [4.69, 9.17) is 11.6 Å². The molecular formula is C26H21ClFNO3. The lowest BCUT2D eigenvalue weighted by Crippen LogP contribution is -2.31. The fourth-order valence-corrected chi connectivity index (χ4v) is 4.00. The molecule has 0 aliphatic carbocycles. The van der Waals surface area contributed by atoms with E-state index in [2.05, 4.69) is 0 Å². The van der Waals surface area contributed by atoms with Crippen LogP contribution in [-0.2, 0) is 16.0 Å². The molecule has 0 radical (unpaired) electrons. The van der Waals surface area contributed by atoms with E-state index >= 15 is 0 Å². The Morgan fingerprint density at radius 3 is 2.22 bits per heavy atom. The Kier molecular flexibility index (Phi) is 6.10. The van der Waals surface area contributed by atoms with Gasteiger partial charge in [0.05, 0.1) is 11.6 Å². The average Bonchev–Trinajstić information content (AvgIpc) is 3.04. The number of carbonyl (C=O) groups excluding carboxylic acids is 2. The number of aliphatic hydroxyl groups excluding tert-OH is 1. The summed E-state index contributed by atoms with van der Waals surface area (Å²) in [5.74, 6) is -2.12. The van der Waals surface area contributed by atoms with Gasteiger partial charge in [0, 0.05) is 17.1 Å². The average molecular weight is 450 g/mol. The van der Waals surface area contributed by atoms with E-state index in [0.717, 1.165) is 11.1 Å². The van der Waals surface area contributed by atoms with Gasteiger partial charge >= 0.3 is 0 Å². The molecule has 32 heavy (non-hydrogen) atoms. The molecule has 1 aliphatic heterocycles. The molecule has 3 aromatic carbocycles. The maximum Gasteiger partial charge on any atom is 0.295 e. The Hall–Kier alpha value is -3.44. The van der Waals surface area contributed by atoms with Gasteiger partial charge in [-0.3, -0.25) is 9.59 Å². The molecule has 3 aromatic rings. The van der Waals surface area contributed by atoms with Gasteiger partial charge in [0.1, 0.15) is 11.6 Å². The number of Topliss-reactive ketones (excluding diaryl/α,β-unsaturated/α-hetero) is 1. The Balaban J connectivity index is 1.76. The summed E-state index contributed by atoms with van der Waals surface area (Å²) in [5, 5.41) is 11.6. The predicted molar refractivity (Wildman–Crippen MR) is 122 cm³/mol. The van der Waals surface area contributed by atoms with E-state index in [9.17, 15) is 19.1 Å². The summed E-state index contributed by atoms with van der Waals surface area (Å²) >= 11 is 5.95. The second-order valence-electron chi connectivity index (χ2n) is 7.79. The molecule has 1 aliphatic rings. The van der Waals surface area contributed by atoms with Gasteiger partial charge in [0.2, 0.25) is 0 Å². The second-order valence-corrected chi connectivity index (χ2v) is 8.22. The number of hydrogen-bond acceptors (Lipinski definition) is 3. The first-order valence-corrected chi connectivity index (χ1v) is 10.6. The van der Waals surface area contributed by atoms with Crippen LogP contribution < -0.4 is 0 Å². The molecule has 1 heterocycles. The molecule has 1 fully saturated rings. The SMILES string of the molecule is Cc1ccc(/C(O)=C2/C(=O)C(=O)N(CCc3ccc(Cl)cc3)C2c2ccc(F)cc2)cc1. The lowest BCUT2D eigenvalue weighted by atomic mass is 9.95. The maximum atomic E-state index is 13.6. The summed E-state index contributed by atoms with van der Waals surface area (Å²) in [6.07, 6.45) is 0.493. The first-order valence-electron chi connectivity index (χ1n) is 10.2. The zero-order valence-corrected chi connectivity index (χ0v) is 18.1. The minimum absolute atomic E-state index is 0.00145. The first-order chi connectivity index (χ1) is 15.3. The summed E-state index contributed by atoms with van der Waals surface area (Å²) < 4.78 is 13.6. The summed E-state index contributed by atoms with van der Waals surface area (Å²) in [7, 11) is 0. The minimum Gasteiger partial charge on any atom is -0.507 e. The Morgan fingerprint density at radius 1 is 0.969 bits per heavy atom. The van der Waals surface area contributed by atoms with Crippen molar-refractivity contribution in [1.82, 2.24) is 4.90 Å². The third-order valence-electron chi connectivity index (χ3n) is 5.61. The van der Waals surface area contributed by atoms with Gasteiger partial charge in [0.15, 0.2) is 0 Å². The molecule has 6 heteroatoms. The monoisotopic (exact) mass is 449 g/mol. The smallest absolute Gasteiger partial charge is 0.295 e. The topological polar surface area (TPSA) is 57.6 Å². The molecule has 0 aromatic heterocycles. The third-order valence-corrected chi connectivity index (χ3v) is 5.86.